The van der Waals surface area contributed by atoms with Crippen LogP contribution in [0.1, 0.15) is 40.7 Å². The van der Waals surface area contributed by atoms with Crippen LogP contribution in [-0.4, -0.2) is 17.8 Å². The SMILES string of the molecule is OC[C@H]1CC2c3ccccc3Cc3ccc(F)cc3[C@@H]2O1. The van der Waals surface area contributed by atoms with Gasteiger partial charge in [0.05, 0.1) is 18.8 Å². The van der Waals surface area contributed by atoms with Crippen molar-refractivity contribution in [2.75, 3.05) is 6.61 Å². The second-order valence-electron chi connectivity index (χ2n) is 5.92. The molecule has 1 unspecified atom stereocenters. The zero-order valence-corrected chi connectivity index (χ0v) is 11.6. The van der Waals surface area contributed by atoms with E-state index < -0.39 is 0 Å². The third-order valence-corrected chi connectivity index (χ3v) is 4.67. The second kappa shape index (κ2) is 4.93. The van der Waals surface area contributed by atoms with E-state index in [4.69, 9.17) is 4.74 Å². The molecule has 1 saturated heterocycles. The lowest BCUT2D eigenvalue weighted by Gasteiger charge is -2.19. The Morgan fingerprint density at radius 1 is 1.10 bits per heavy atom. The van der Waals surface area contributed by atoms with E-state index in [1.807, 2.05) is 18.2 Å². The van der Waals surface area contributed by atoms with Gasteiger partial charge in [-0.25, -0.2) is 4.39 Å². The van der Waals surface area contributed by atoms with Crippen molar-refractivity contribution in [1.82, 2.24) is 0 Å². The largest absolute Gasteiger partial charge is 0.394 e. The van der Waals surface area contributed by atoms with Gasteiger partial charge < -0.3 is 9.84 Å². The monoisotopic (exact) mass is 284 g/mol. The number of rotatable bonds is 1. The highest BCUT2D eigenvalue weighted by Gasteiger charge is 2.40. The van der Waals surface area contributed by atoms with E-state index in [1.165, 1.54) is 17.2 Å². The number of aliphatic hydroxyl groups excluding tert-OH is 1. The van der Waals surface area contributed by atoms with Crippen LogP contribution in [0.15, 0.2) is 42.5 Å². The fraction of sp³-hybridized carbons (Fsp3) is 0.333. The molecule has 0 amide bonds. The molecule has 0 bridgehead atoms. The molecule has 3 heteroatoms. The second-order valence-corrected chi connectivity index (χ2v) is 5.92. The van der Waals surface area contributed by atoms with Crippen molar-refractivity contribution in [2.24, 2.45) is 0 Å². The Balaban J connectivity index is 1.90. The highest BCUT2D eigenvalue weighted by atomic mass is 19.1. The molecule has 1 fully saturated rings. The van der Waals surface area contributed by atoms with Crippen LogP contribution in [0.5, 0.6) is 0 Å². The van der Waals surface area contributed by atoms with Crippen LogP contribution in [0.4, 0.5) is 4.39 Å². The van der Waals surface area contributed by atoms with Gasteiger partial charge >= 0.3 is 0 Å². The summed E-state index contributed by atoms with van der Waals surface area (Å²) in [5.41, 5.74) is 4.61. The average Bonchev–Trinajstić information content (AvgIpc) is 2.89. The number of aliphatic hydroxyl groups is 1. The predicted octanol–water partition coefficient (Wildman–Crippen LogP) is 3.34. The van der Waals surface area contributed by atoms with Crippen molar-refractivity contribution in [2.45, 2.75) is 31.0 Å². The summed E-state index contributed by atoms with van der Waals surface area (Å²) in [6.45, 7) is 0.0137. The first-order chi connectivity index (χ1) is 10.3. The maximum absolute atomic E-state index is 13.7. The molecule has 2 aromatic carbocycles. The van der Waals surface area contributed by atoms with E-state index in [0.717, 1.165) is 24.0 Å². The molecule has 2 aromatic rings. The molecule has 0 aromatic heterocycles. The molecule has 1 aliphatic carbocycles. The molecule has 0 radical (unpaired) electrons. The highest BCUT2D eigenvalue weighted by molar-refractivity contribution is 5.45. The summed E-state index contributed by atoms with van der Waals surface area (Å²) in [4.78, 5) is 0. The molecule has 1 heterocycles. The Labute approximate surface area is 123 Å². The van der Waals surface area contributed by atoms with Gasteiger partial charge in [-0.05, 0) is 47.2 Å². The van der Waals surface area contributed by atoms with E-state index in [-0.39, 0.29) is 30.5 Å². The fourth-order valence-corrected chi connectivity index (χ4v) is 3.72. The first kappa shape index (κ1) is 13.0. The highest BCUT2D eigenvalue weighted by Crippen LogP contribution is 2.49. The van der Waals surface area contributed by atoms with Gasteiger partial charge in [0, 0.05) is 5.92 Å². The van der Waals surface area contributed by atoms with Crippen molar-refractivity contribution in [3.8, 4) is 0 Å². The molecule has 1 N–H and O–H groups in total. The molecule has 4 rings (SSSR count). The summed E-state index contributed by atoms with van der Waals surface area (Å²) in [5.74, 6) is -0.0316. The number of ether oxygens (including phenoxy) is 1. The smallest absolute Gasteiger partial charge is 0.123 e. The van der Waals surface area contributed by atoms with E-state index in [0.29, 0.717) is 0 Å². The van der Waals surface area contributed by atoms with Gasteiger partial charge in [0.1, 0.15) is 5.82 Å². The lowest BCUT2D eigenvalue weighted by Crippen LogP contribution is -2.11. The van der Waals surface area contributed by atoms with Crippen LogP contribution in [-0.2, 0) is 11.2 Å². The summed E-state index contributed by atoms with van der Waals surface area (Å²) in [7, 11) is 0. The lowest BCUT2D eigenvalue weighted by atomic mass is 9.87. The Morgan fingerprint density at radius 2 is 1.90 bits per heavy atom. The summed E-state index contributed by atoms with van der Waals surface area (Å²) >= 11 is 0. The van der Waals surface area contributed by atoms with Crippen molar-refractivity contribution in [3.05, 3.63) is 70.5 Å². The van der Waals surface area contributed by atoms with Crippen LogP contribution in [0.2, 0.25) is 0 Å². The molecular formula is C18H17FO2. The van der Waals surface area contributed by atoms with Gasteiger partial charge in [0.25, 0.3) is 0 Å². The lowest BCUT2D eigenvalue weighted by molar-refractivity contribution is 0.00829. The normalized spacial score (nSPS) is 26.7. The average molecular weight is 284 g/mol. The van der Waals surface area contributed by atoms with Crippen molar-refractivity contribution < 1.29 is 14.2 Å². The minimum absolute atomic E-state index is 0.0137. The van der Waals surface area contributed by atoms with E-state index in [1.54, 1.807) is 6.07 Å². The standard InChI is InChI=1S/C18H17FO2/c19-13-6-5-12-7-11-3-1-2-4-15(11)17-9-14(10-20)21-18(17)16(12)8-13/h1-6,8,14,17-18,20H,7,9-10H2/t14-,17?,18+/m1/s1. The summed E-state index contributed by atoms with van der Waals surface area (Å²) in [6.07, 6.45) is 1.28. The molecule has 2 nitrogen and oxygen atoms in total. The third-order valence-electron chi connectivity index (χ3n) is 4.67. The van der Waals surface area contributed by atoms with Gasteiger partial charge in [-0.15, -0.1) is 0 Å². The van der Waals surface area contributed by atoms with Gasteiger partial charge in [-0.3, -0.25) is 0 Å². The summed E-state index contributed by atoms with van der Waals surface area (Å²) in [6, 6.07) is 13.3. The van der Waals surface area contributed by atoms with Gasteiger partial charge in [-0.1, -0.05) is 30.3 Å². The third kappa shape index (κ3) is 2.08. The molecular weight excluding hydrogens is 267 g/mol. The molecule has 3 atom stereocenters. The Kier molecular flexibility index (Phi) is 3.05. The molecule has 2 aliphatic rings. The number of halogens is 1. The maximum Gasteiger partial charge on any atom is 0.123 e. The number of fused-ring (bicyclic) bond motifs is 5. The van der Waals surface area contributed by atoms with Crippen molar-refractivity contribution in [3.63, 3.8) is 0 Å². The quantitative estimate of drug-likeness (QED) is 0.870. The maximum atomic E-state index is 13.7. The minimum atomic E-state index is -0.227. The van der Waals surface area contributed by atoms with Gasteiger partial charge in [0.15, 0.2) is 0 Å². The van der Waals surface area contributed by atoms with Crippen LogP contribution in [0, 0.1) is 5.82 Å². The Morgan fingerprint density at radius 3 is 2.76 bits per heavy atom. The zero-order chi connectivity index (χ0) is 14.4. The van der Waals surface area contributed by atoms with Crippen molar-refractivity contribution in [1.29, 1.82) is 0 Å². The van der Waals surface area contributed by atoms with Gasteiger partial charge in [0.2, 0.25) is 0 Å². The first-order valence-corrected chi connectivity index (χ1v) is 7.38. The molecule has 0 spiro atoms. The zero-order valence-electron chi connectivity index (χ0n) is 11.6. The van der Waals surface area contributed by atoms with E-state index in [9.17, 15) is 9.50 Å². The Bertz CT molecular complexity index is 683. The minimum Gasteiger partial charge on any atom is -0.394 e. The topological polar surface area (TPSA) is 29.5 Å². The summed E-state index contributed by atoms with van der Waals surface area (Å²) < 4.78 is 19.7. The number of hydrogen-bond acceptors (Lipinski definition) is 2. The summed E-state index contributed by atoms with van der Waals surface area (Å²) in [5, 5.41) is 9.43. The predicted molar refractivity (Wildman–Crippen MR) is 77.7 cm³/mol. The van der Waals surface area contributed by atoms with Crippen LogP contribution in [0.25, 0.3) is 0 Å². The van der Waals surface area contributed by atoms with E-state index in [2.05, 4.69) is 12.1 Å². The number of hydrogen-bond donors (Lipinski definition) is 1. The first-order valence-electron chi connectivity index (χ1n) is 7.38. The molecule has 0 saturated carbocycles. The molecule has 1 aliphatic heterocycles. The Hall–Kier alpha value is -1.71. The van der Waals surface area contributed by atoms with Gasteiger partial charge in [-0.2, -0.15) is 0 Å². The van der Waals surface area contributed by atoms with Crippen LogP contribution < -0.4 is 0 Å². The van der Waals surface area contributed by atoms with Crippen molar-refractivity contribution >= 4 is 0 Å². The molecule has 21 heavy (non-hydrogen) atoms. The molecule has 108 valence electrons. The van der Waals surface area contributed by atoms with Crippen LogP contribution >= 0.6 is 0 Å². The fourth-order valence-electron chi connectivity index (χ4n) is 3.72. The van der Waals surface area contributed by atoms with E-state index >= 15 is 0 Å². The number of benzene rings is 2. The van der Waals surface area contributed by atoms with Crippen LogP contribution in [0.3, 0.4) is 0 Å².